The van der Waals surface area contributed by atoms with Crippen molar-refractivity contribution >= 4 is 11.9 Å². The molecule has 2 saturated heterocycles. The van der Waals surface area contributed by atoms with E-state index in [9.17, 15) is 0 Å². The Morgan fingerprint density at radius 2 is 2.12 bits per heavy atom. The number of piperazine rings is 1. The van der Waals surface area contributed by atoms with E-state index in [2.05, 4.69) is 16.8 Å². The van der Waals surface area contributed by atoms with E-state index in [0.29, 0.717) is 12.1 Å². The van der Waals surface area contributed by atoms with Crippen molar-refractivity contribution in [1.82, 2.24) is 9.80 Å². The van der Waals surface area contributed by atoms with Crippen LogP contribution in [0.2, 0.25) is 0 Å². The Morgan fingerprint density at radius 1 is 1.38 bits per heavy atom. The van der Waals surface area contributed by atoms with Gasteiger partial charge in [-0.25, -0.2) is 0 Å². The van der Waals surface area contributed by atoms with Crippen molar-refractivity contribution in [3.05, 3.63) is 0 Å². The predicted molar refractivity (Wildman–Crippen MR) is 64.3 cm³/mol. The third kappa shape index (κ3) is 2.11. The van der Waals surface area contributed by atoms with Crippen molar-refractivity contribution < 1.29 is 0 Å². The fourth-order valence-electron chi connectivity index (χ4n) is 2.67. The molecule has 90 valence electrons. The molecule has 0 aromatic rings. The molecule has 0 aliphatic carbocycles. The van der Waals surface area contributed by atoms with Gasteiger partial charge in [0.1, 0.15) is 0 Å². The molecule has 6 nitrogen and oxygen atoms in total. The molecule has 0 bridgehead atoms. The van der Waals surface area contributed by atoms with Crippen LogP contribution < -0.4 is 11.5 Å². The van der Waals surface area contributed by atoms with Gasteiger partial charge in [-0.1, -0.05) is 0 Å². The lowest BCUT2D eigenvalue weighted by molar-refractivity contribution is 0.107. The van der Waals surface area contributed by atoms with Crippen molar-refractivity contribution in [2.24, 2.45) is 16.5 Å². The Labute approximate surface area is 95.8 Å². The van der Waals surface area contributed by atoms with Gasteiger partial charge in [0.25, 0.3) is 0 Å². The third-order valence-corrected chi connectivity index (χ3v) is 3.44. The zero-order valence-corrected chi connectivity index (χ0v) is 9.69. The largest absolute Gasteiger partial charge is 0.370 e. The zero-order valence-electron chi connectivity index (χ0n) is 9.69. The highest BCUT2D eigenvalue weighted by Crippen LogP contribution is 2.24. The van der Waals surface area contributed by atoms with Gasteiger partial charge in [-0.15, -0.1) is 0 Å². The van der Waals surface area contributed by atoms with Crippen molar-refractivity contribution in [3.8, 4) is 0 Å². The van der Waals surface area contributed by atoms with Gasteiger partial charge in [-0.05, 0) is 26.3 Å². The van der Waals surface area contributed by atoms with E-state index in [1.165, 1.54) is 19.4 Å². The molecule has 0 aromatic heterocycles. The Morgan fingerprint density at radius 3 is 2.81 bits per heavy atom. The van der Waals surface area contributed by atoms with Crippen molar-refractivity contribution in [2.75, 3.05) is 19.6 Å². The summed E-state index contributed by atoms with van der Waals surface area (Å²) < 4.78 is 0. The van der Waals surface area contributed by atoms with E-state index in [1.54, 1.807) is 0 Å². The smallest absolute Gasteiger partial charge is 0.221 e. The first-order valence-electron chi connectivity index (χ1n) is 5.77. The van der Waals surface area contributed by atoms with Gasteiger partial charge in [0.2, 0.25) is 5.96 Å². The molecule has 2 aliphatic rings. The summed E-state index contributed by atoms with van der Waals surface area (Å²) in [7, 11) is 0. The molecule has 6 heteroatoms. The van der Waals surface area contributed by atoms with Gasteiger partial charge in [-0.2, -0.15) is 4.99 Å². The van der Waals surface area contributed by atoms with Crippen molar-refractivity contribution in [3.63, 3.8) is 0 Å². The van der Waals surface area contributed by atoms with Gasteiger partial charge in [0.05, 0.1) is 0 Å². The van der Waals surface area contributed by atoms with E-state index >= 15 is 0 Å². The molecule has 2 aliphatic heterocycles. The SMILES string of the molecule is CC1CN2CCCC2CN1C(=N)N=C(N)N. The molecule has 0 aromatic carbocycles. The van der Waals surface area contributed by atoms with Gasteiger partial charge >= 0.3 is 0 Å². The number of nitrogens with zero attached hydrogens (tertiary/aromatic N) is 3. The minimum absolute atomic E-state index is 0.0361. The van der Waals surface area contributed by atoms with Crippen LogP contribution >= 0.6 is 0 Å². The Bertz CT molecular complexity index is 308. The third-order valence-electron chi connectivity index (χ3n) is 3.44. The second-order valence-electron chi connectivity index (χ2n) is 4.65. The first-order chi connectivity index (χ1) is 7.58. The number of nitrogens with one attached hydrogen (secondary N) is 1. The summed E-state index contributed by atoms with van der Waals surface area (Å²) in [6, 6.07) is 0.885. The predicted octanol–water partition coefficient (Wildman–Crippen LogP) is -0.637. The normalized spacial score (nSPS) is 29.9. The second kappa shape index (κ2) is 4.29. The first kappa shape index (κ1) is 11.2. The number of rotatable bonds is 0. The quantitative estimate of drug-likeness (QED) is 0.377. The average molecular weight is 224 g/mol. The maximum Gasteiger partial charge on any atom is 0.221 e. The standard InChI is InChI=1S/C10H20N6/c1-7-5-15-4-2-3-8(15)6-16(7)10(13)14-9(11)12/h7-8H,2-6H2,1H3,(H5,11,12,13,14). The van der Waals surface area contributed by atoms with Crippen LogP contribution in [0.15, 0.2) is 4.99 Å². The topological polar surface area (TPSA) is 94.7 Å². The lowest BCUT2D eigenvalue weighted by Crippen LogP contribution is -2.56. The number of hydrogen-bond acceptors (Lipinski definition) is 2. The van der Waals surface area contributed by atoms with Crippen LogP contribution in [0.25, 0.3) is 0 Å². The molecule has 0 amide bonds. The van der Waals surface area contributed by atoms with Crippen LogP contribution in [0.1, 0.15) is 19.8 Å². The summed E-state index contributed by atoms with van der Waals surface area (Å²) >= 11 is 0. The van der Waals surface area contributed by atoms with E-state index < -0.39 is 0 Å². The Hall–Kier alpha value is -1.30. The molecule has 2 fully saturated rings. The van der Waals surface area contributed by atoms with Crippen molar-refractivity contribution in [2.45, 2.75) is 31.8 Å². The van der Waals surface area contributed by atoms with Gasteiger partial charge in [0.15, 0.2) is 5.96 Å². The molecule has 5 N–H and O–H groups in total. The fraction of sp³-hybridized carbons (Fsp3) is 0.800. The summed E-state index contributed by atoms with van der Waals surface area (Å²) in [6.07, 6.45) is 2.49. The maximum atomic E-state index is 7.86. The first-order valence-corrected chi connectivity index (χ1v) is 5.77. The molecule has 0 spiro atoms. The molecule has 0 radical (unpaired) electrons. The minimum Gasteiger partial charge on any atom is -0.370 e. The Kier molecular flexibility index (Phi) is 3.00. The van der Waals surface area contributed by atoms with Crippen LogP contribution in [0.5, 0.6) is 0 Å². The van der Waals surface area contributed by atoms with Crippen LogP contribution in [0, 0.1) is 5.41 Å². The molecular formula is C10H20N6. The van der Waals surface area contributed by atoms with E-state index in [4.69, 9.17) is 16.9 Å². The number of hydrogen-bond donors (Lipinski definition) is 3. The molecule has 2 heterocycles. The molecule has 16 heavy (non-hydrogen) atoms. The highest BCUT2D eigenvalue weighted by Gasteiger charge is 2.35. The van der Waals surface area contributed by atoms with Crippen LogP contribution in [0.4, 0.5) is 0 Å². The Balaban J connectivity index is 2.05. The lowest BCUT2D eigenvalue weighted by Gasteiger charge is -2.42. The summed E-state index contributed by atoms with van der Waals surface area (Å²) in [4.78, 5) is 8.32. The summed E-state index contributed by atoms with van der Waals surface area (Å²) in [5, 5.41) is 7.86. The summed E-state index contributed by atoms with van der Waals surface area (Å²) in [6.45, 7) is 5.19. The van der Waals surface area contributed by atoms with E-state index in [0.717, 1.165) is 13.1 Å². The highest BCUT2D eigenvalue weighted by molar-refractivity contribution is 5.91. The summed E-state index contributed by atoms with van der Waals surface area (Å²) in [5.41, 5.74) is 10.6. The molecule has 2 rings (SSSR count). The average Bonchev–Trinajstić information content (AvgIpc) is 2.61. The summed E-state index contributed by atoms with van der Waals surface area (Å²) in [5.74, 6) is 0.158. The monoisotopic (exact) mass is 224 g/mol. The van der Waals surface area contributed by atoms with E-state index in [1.807, 2.05) is 4.90 Å². The van der Waals surface area contributed by atoms with Crippen LogP contribution in [-0.4, -0.2) is 53.4 Å². The van der Waals surface area contributed by atoms with Crippen LogP contribution in [-0.2, 0) is 0 Å². The molecule has 2 unspecified atom stereocenters. The van der Waals surface area contributed by atoms with Crippen LogP contribution in [0.3, 0.4) is 0 Å². The maximum absolute atomic E-state index is 7.86. The second-order valence-corrected chi connectivity index (χ2v) is 4.65. The number of nitrogens with two attached hydrogens (primary N) is 2. The zero-order chi connectivity index (χ0) is 11.7. The molecule has 0 saturated carbocycles. The number of guanidine groups is 2. The molecule has 2 atom stereocenters. The number of aliphatic imine (C=N–C) groups is 1. The van der Waals surface area contributed by atoms with Gasteiger partial charge in [0, 0.05) is 25.2 Å². The number of fused-ring (bicyclic) bond motifs is 1. The van der Waals surface area contributed by atoms with Gasteiger partial charge < -0.3 is 16.4 Å². The lowest BCUT2D eigenvalue weighted by atomic mass is 10.1. The fourth-order valence-corrected chi connectivity index (χ4v) is 2.67. The molecular weight excluding hydrogens is 204 g/mol. The highest BCUT2D eigenvalue weighted by atomic mass is 15.4. The van der Waals surface area contributed by atoms with Gasteiger partial charge in [-0.3, -0.25) is 10.3 Å². The minimum atomic E-state index is -0.0361. The van der Waals surface area contributed by atoms with Crippen molar-refractivity contribution in [1.29, 1.82) is 5.41 Å². The van der Waals surface area contributed by atoms with E-state index in [-0.39, 0.29) is 11.9 Å².